The van der Waals surface area contributed by atoms with Crippen LogP contribution in [-0.4, -0.2) is 65.4 Å². The van der Waals surface area contributed by atoms with Crippen molar-refractivity contribution >= 4 is 28.2 Å². The summed E-state index contributed by atoms with van der Waals surface area (Å²) in [6.07, 6.45) is 1.89. The second kappa shape index (κ2) is 8.72. The zero-order valence-electron chi connectivity index (χ0n) is 14.1. The van der Waals surface area contributed by atoms with Crippen LogP contribution in [0.15, 0.2) is 24.8 Å². The Balaban J connectivity index is 1.85. The highest BCUT2D eigenvalue weighted by atomic mass is 32.1. The molecule has 1 aromatic rings. The summed E-state index contributed by atoms with van der Waals surface area (Å²) in [5, 5.41) is 10.7. The van der Waals surface area contributed by atoms with Gasteiger partial charge in [0.05, 0.1) is 16.4 Å². The van der Waals surface area contributed by atoms with Crippen LogP contribution in [0.5, 0.6) is 0 Å². The summed E-state index contributed by atoms with van der Waals surface area (Å²) in [4.78, 5) is 38.6. The Labute approximate surface area is 149 Å². The van der Waals surface area contributed by atoms with Crippen molar-refractivity contribution in [3.05, 3.63) is 39.8 Å². The molecule has 0 radical (unpaired) electrons. The first-order valence-electron chi connectivity index (χ1n) is 7.98. The quantitative estimate of drug-likeness (QED) is 0.318. The second-order valence-electron chi connectivity index (χ2n) is 5.60. The molecule has 1 aliphatic heterocycles. The van der Waals surface area contributed by atoms with Crippen molar-refractivity contribution in [2.45, 2.75) is 19.4 Å². The van der Waals surface area contributed by atoms with Crippen LogP contribution in [0.25, 0.3) is 0 Å². The van der Waals surface area contributed by atoms with Crippen molar-refractivity contribution in [3.8, 4) is 0 Å². The summed E-state index contributed by atoms with van der Waals surface area (Å²) in [5.41, 5.74) is 0. The monoisotopic (exact) mass is 367 g/mol. The summed E-state index contributed by atoms with van der Waals surface area (Å²) < 4.78 is 5.46. The summed E-state index contributed by atoms with van der Waals surface area (Å²) in [5.74, 6) is -0.330. The van der Waals surface area contributed by atoms with Gasteiger partial charge in [-0.05, 0) is 19.4 Å². The van der Waals surface area contributed by atoms with E-state index < -0.39 is 11.0 Å². The molecule has 0 bridgehead atoms. The molecule has 136 valence electrons. The Morgan fingerprint density at radius 2 is 2.00 bits per heavy atom. The van der Waals surface area contributed by atoms with Crippen LogP contribution < -0.4 is 0 Å². The van der Waals surface area contributed by atoms with Crippen LogP contribution in [0.1, 0.15) is 23.0 Å². The average molecular weight is 367 g/mol. The fourth-order valence-electron chi connectivity index (χ4n) is 2.48. The van der Waals surface area contributed by atoms with E-state index in [9.17, 15) is 19.7 Å². The fraction of sp³-hybridized carbons (Fsp3) is 0.500. The SMILES string of the molecule is C=CCCOC(C)C(=O)N1CCN(C(=O)c2ccc([N+](=O)[O-])s2)CC1. The first kappa shape index (κ1) is 19.1. The van der Waals surface area contributed by atoms with Gasteiger partial charge in [-0.1, -0.05) is 17.4 Å². The Hall–Kier alpha value is -2.26. The molecule has 0 aliphatic carbocycles. The minimum Gasteiger partial charge on any atom is -0.368 e. The fourth-order valence-corrected chi connectivity index (χ4v) is 3.27. The van der Waals surface area contributed by atoms with Gasteiger partial charge in [-0.3, -0.25) is 19.7 Å². The van der Waals surface area contributed by atoms with E-state index in [0.717, 1.165) is 11.3 Å². The summed E-state index contributed by atoms with van der Waals surface area (Å²) in [6, 6.07) is 2.80. The molecule has 1 saturated heterocycles. The molecule has 0 spiro atoms. The zero-order valence-corrected chi connectivity index (χ0v) is 14.9. The maximum atomic E-state index is 12.4. The van der Waals surface area contributed by atoms with Gasteiger partial charge in [-0.25, -0.2) is 0 Å². The van der Waals surface area contributed by atoms with E-state index in [0.29, 0.717) is 44.1 Å². The van der Waals surface area contributed by atoms with Crippen LogP contribution in [-0.2, 0) is 9.53 Å². The number of piperazine rings is 1. The molecule has 8 nitrogen and oxygen atoms in total. The number of thiophene rings is 1. The van der Waals surface area contributed by atoms with Gasteiger partial charge in [0.15, 0.2) is 0 Å². The van der Waals surface area contributed by atoms with E-state index in [1.807, 2.05) is 0 Å². The molecular weight excluding hydrogens is 346 g/mol. The molecule has 1 fully saturated rings. The maximum Gasteiger partial charge on any atom is 0.324 e. The average Bonchev–Trinajstić information content (AvgIpc) is 3.11. The number of hydrogen-bond donors (Lipinski definition) is 0. The molecule has 25 heavy (non-hydrogen) atoms. The minimum atomic E-state index is -0.526. The molecule has 1 atom stereocenters. The van der Waals surface area contributed by atoms with Crippen molar-refractivity contribution in [1.82, 2.24) is 9.80 Å². The lowest BCUT2D eigenvalue weighted by molar-refractivity contribution is -0.380. The van der Waals surface area contributed by atoms with Gasteiger partial charge in [0.1, 0.15) is 6.10 Å². The lowest BCUT2D eigenvalue weighted by atomic mass is 10.2. The Bertz CT molecular complexity index is 652. The Kier molecular flexibility index (Phi) is 6.65. The summed E-state index contributed by atoms with van der Waals surface area (Å²) in [7, 11) is 0. The van der Waals surface area contributed by atoms with Gasteiger partial charge < -0.3 is 14.5 Å². The molecule has 0 N–H and O–H groups in total. The molecule has 1 aliphatic rings. The highest BCUT2D eigenvalue weighted by Crippen LogP contribution is 2.25. The first-order valence-corrected chi connectivity index (χ1v) is 8.80. The Morgan fingerprint density at radius 3 is 2.56 bits per heavy atom. The molecule has 0 aromatic carbocycles. The molecule has 1 aromatic heterocycles. The number of rotatable bonds is 7. The van der Waals surface area contributed by atoms with Gasteiger partial charge in [-0.2, -0.15) is 0 Å². The number of carbonyl (C=O) groups excluding carboxylic acids is 2. The van der Waals surface area contributed by atoms with Crippen LogP contribution in [0.4, 0.5) is 5.00 Å². The predicted octanol–water partition coefficient (Wildman–Crippen LogP) is 1.92. The number of hydrogen-bond acceptors (Lipinski definition) is 6. The van der Waals surface area contributed by atoms with Gasteiger partial charge in [0.25, 0.3) is 11.8 Å². The number of nitro groups is 1. The summed E-state index contributed by atoms with van der Waals surface area (Å²) >= 11 is 0.867. The molecule has 2 rings (SSSR count). The maximum absolute atomic E-state index is 12.4. The minimum absolute atomic E-state index is 0.0531. The normalized spacial score (nSPS) is 15.7. The van der Waals surface area contributed by atoms with Gasteiger partial charge in [0, 0.05) is 32.2 Å². The molecule has 9 heteroatoms. The molecule has 2 amide bonds. The predicted molar refractivity (Wildman–Crippen MR) is 93.7 cm³/mol. The third-order valence-corrected chi connectivity index (χ3v) is 4.92. The van der Waals surface area contributed by atoms with Crippen molar-refractivity contribution in [2.24, 2.45) is 0 Å². The van der Waals surface area contributed by atoms with Gasteiger partial charge in [-0.15, -0.1) is 6.58 Å². The van der Waals surface area contributed by atoms with Crippen molar-refractivity contribution < 1.29 is 19.2 Å². The molecule has 1 unspecified atom stereocenters. The Morgan fingerprint density at radius 1 is 1.36 bits per heavy atom. The van der Waals surface area contributed by atoms with E-state index in [2.05, 4.69) is 6.58 Å². The van der Waals surface area contributed by atoms with E-state index >= 15 is 0 Å². The first-order chi connectivity index (χ1) is 11.9. The van der Waals surface area contributed by atoms with Crippen molar-refractivity contribution in [3.63, 3.8) is 0 Å². The molecular formula is C16H21N3O5S. The smallest absolute Gasteiger partial charge is 0.324 e. The second-order valence-corrected chi connectivity index (χ2v) is 6.67. The number of ether oxygens (including phenoxy) is 1. The van der Waals surface area contributed by atoms with Gasteiger partial charge >= 0.3 is 5.00 Å². The number of carbonyl (C=O) groups is 2. The lowest BCUT2D eigenvalue weighted by Crippen LogP contribution is -2.52. The van der Waals surface area contributed by atoms with Crippen LogP contribution in [0.2, 0.25) is 0 Å². The highest BCUT2D eigenvalue weighted by Gasteiger charge is 2.28. The third kappa shape index (κ3) is 4.86. The van der Waals surface area contributed by atoms with Crippen LogP contribution in [0.3, 0.4) is 0 Å². The van der Waals surface area contributed by atoms with E-state index in [1.165, 1.54) is 12.1 Å². The highest BCUT2D eigenvalue weighted by molar-refractivity contribution is 7.17. The zero-order chi connectivity index (χ0) is 18.4. The van der Waals surface area contributed by atoms with Crippen molar-refractivity contribution in [2.75, 3.05) is 32.8 Å². The van der Waals surface area contributed by atoms with Crippen LogP contribution >= 0.6 is 11.3 Å². The third-order valence-electron chi connectivity index (χ3n) is 3.90. The van der Waals surface area contributed by atoms with Gasteiger partial charge in [0.2, 0.25) is 0 Å². The lowest BCUT2D eigenvalue weighted by Gasteiger charge is -2.35. The summed E-state index contributed by atoms with van der Waals surface area (Å²) in [6.45, 7) is 7.41. The standard InChI is InChI=1S/C16H21N3O5S/c1-3-4-11-24-12(2)15(20)17-7-9-18(10-8-17)16(21)13-5-6-14(25-13)19(22)23/h3,5-6,12H,1,4,7-11H2,2H3. The molecule has 0 saturated carbocycles. The molecule has 2 heterocycles. The van der Waals surface area contributed by atoms with E-state index in [-0.39, 0.29) is 16.8 Å². The number of nitrogens with zero attached hydrogens (tertiary/aromatic N) is 3. The van der Waals surface area contributed by atoms with Crippen LogP contribution in [0, 0.1) is 10.1 Å². The largest absolute Gasteiger partial charge is 0.368 e. The van der Waals surface area contributed by atoms with E-state index in [4.69, 9.17) is 4.74 Å². The van der Waals surface area contributed by atoms with Crippen molar-refractivity contribution in [1.29, 1.82) is 0 Å². The van der Waals surface area contributed by atoms with E-state index in [1.54, 1.807) is 22.8 Å². The number of amides is 2. The topological polar surface area (TPSA) is 93.0 Å².